The first kappa shape index (κ1) is 15.0. The van der Waals surface area contributed by atoms with E-state index in [9.17, 15) is 4.79 Å². The van der Waals surface area contributed by atoms with Gasteiger partial charge in [0.2, 0.25) is 5.91 Å². The molecule has 0 aliphatic heterocycles. The number of carbonyl (C=O) groups is 1. The van der Waals surface area contributed by atoms with Crippen LogP contribution in [0.5, 0.6) is 0 Å². The summed E-state index contributed by atoms with van der Waals surface area (Å²) >= 11 is 6.26. The van der Waals surface area contributed by atoms with Gasteiger partial charge >= 0.3 is 0 Å². The van der Waals surface area contributed by atoms with Gasteiger partial charge in [-0.2, -0.15) is 5.10 Å². The van der Waals surface area contributed by atoms with Gasteiger partial charge in [0.15, 0.2) is 0 Å². The zero-order chi connectivity index (χ0) is 16.5. The van der Waals surface area contributed by atoms with E-state index < -0.39 is 0 Å². The normalized spacial score (nSPS) is 16.6. The molecular formula is C19H16ClN3O. The van der Waals surface area contributed by atoms with Crippen molar-refractivity contribution in [2.45, 2.75) is 18.9 Å². The number of halogens is 1. The Morgan fingerprint density at radius 2 is 2.21 bits per heavy atom. The lowest BCUT2D eigenvalue weighted by atomic mass is 10.1. The number of aromatic nitrogens is 2. The average molecular weight is 338 g/mol. The molecule has 1 heterocycles. The minimum absolute atomic E-state index is 0.0870. The molecule has 5 heteroatoms. The summed E-state index contributed by atoms with van der Waals surface area (Å²) in [6.07, 6.45) is 6.94. The SMILES string of the molecule is O=C(/C=C/c1cc2[nH]ncc2cc1Cl)NC1CCc2ccccc21. The number of fused-ring (bicyclic) bond motifs is 2. The fraction of sp³-hybridized carbons (Fsp3) is 0.158. The smallest absolute Gasteiger partial charge is 0.244 e. The second-order valence-electron chi connectivity index (χ2n) is 5.96. The number of H-pyrrole nitrogens is 1. The van der Waals surface area contributed by atoms with E-state index in [0.717, 1.165) is 29.3 Å². The van der Waals surface area contributed by atoms with Crippen LogP contribution in [0, 0.1) is 0 Å². The van der Waals surface area contributed by atoms with Crippen LogP contribution in [0.15, 0.2) is 48.7 Å². The standard InChI is InChI=1S/C19H16ClN3O/c20-16-9-14-11-21-23-18(14)10-13(16)6-8-19(24)22-17-7-5-12-3-1-2-4-15(12)17/h1-4,6,8-11,17H,5,7H2,(H,21,23)(H,22,24)/b8-6+. The molecule has 4 nitrogen and oxygen atoms in total. The number of benzene rings is 2. The lowest BCUT2D eigenvalue weighted by molar-refractivity contribution is -0.117. The van der Waals surface area contributed by atoms with Crippen molar-refractivity contribution >= 4 is 34.5 Å². The number of carbonyl (C=O) groups excluding carboxylic acids is 1. The highest BCUT2D eigenvalue weighted by molar-refractivity contribution is 6.33. The maximum absolute atomic E-state index is 12.2. The molecule has 1 aromatic heterocycles. The molecule has 0 saturated carbocycles. The van der Waals surface area contributed by atoms with Crippen molar-refractivity contribution in [3.05, 3.63) is 70.4 Å². The summed E-state index contributed by atoms with van der Waals surface area (Å²) in [5.41, 5.74) is 4.22. The number of aryl methyl sites for hydroxylation is 1. The van der Waals surface area contributed by atoms with Gasteiger partial charge in [-0.15, -0.1) is 0 Å². The fourth-order valence-electron chi connectivity index (χ4n) is 3.20. The Balaban J connectivity index is 1.49. The number of nitrogens with one attached hydrogen (secondary N) is 2. The summed E-state index contributed by atoms with van der Waals surface area (Å²) in [6.45, 7) is 0. The van der Waals surface area contributed by atoms with Crippen molar-refractivity contribution in [2.75, 3.05) is 0 Å². The van der Waals surface area contributed by atoms with Crippen molar-refractivity contribution in [2.24, 2.45) is 0 Å². The molecule has 2 N–H and O–H groups in total. The summed E-state index contributed by atoms with van der Waals surface area (Å²) < 4.78 is 0. The third-order valence-electron chi connectivity index (χ3n) is 4.42. The molecule has 1 unspecified atom stereocenters. The highest BCUT2D eigenvalue weighted by Gasteiger charge is 2.22. The van der Waals surface area contributed by atoms with Crippen LogP contribution in [-0.2, 0) is 11.2 Å². The fourth-order valence-corrected chi connectivity index (χ4v) is 3.44. The lowest BCUT2D eigenvalue weighted by Crippen LogP contribution is -2.25. The van der Waals surface area contributed by atoms with E-state index in [1.54, 1.807) is 12.3 Å². The Morgan fingerprint density at radius 3 is 3.12 bits per heavy atom. The van der Waals surface area contributed by atoms with Crippen LogP contribution in [0.3, 0.4) is 0 Å². The van der Waals surface area contributed by atoms with Crippen molar-refractivity contribution in [1.82, 2.24) is 15.5 Å². The third-order valence-corrected chi connectivity index (χ3v) is 4.75. The van der Waals surface area contributed by atoms with Crippen LogP contribution in [0.2, 0.25) is 5.02 Å². The third kappa shape index (κ3) is 2.81. The number of amides is 1. The molecule has 0 fully saturated rings. The van der Waals surface area contributed by atoms with Crippen molar-refractivity contribution in [3.8, 4) is 0 Å². The van der Waals surface area contributed by atoms with Crippen LogP contribution >= 0.6 is 11.6 Å². The van der Waals surface area contributed by atoms with E-state index in [1.165, 1.54) is 17.2 Å². The molecule has 24 heavy (non-hydrogen) atoms. The van der Waals surface area contributed by atoms with E-state index in [2.05, 4.69) is 27.6 Å². The summed E-state index contributed by atoms with van der Waals surface area (Å²) in [6, 6.07) is 12.1. The minimum Gasteiger partial charge on any atom is -0.346 e. The molecule has 120 valence electrons. The summed E-state index contributed by atoms with van der Waals surface area (Å²) in [4.78, 5) is 12.2. The van der Waals surface area contributed by atoms with Gasteiger partial charge < -0.3 is 5.32 Å². The Bertz CT molecular complexity index is 945. The Labute approximate surface area is 144 Å². The molecule has 0 radical (unpaired) electrons. The Morgan fingerprint density at radius 1 is 1.33 bits per heavy atom. The maximum Gasteiger partial charge on any atom is 0.244 e. The highest BCUT2D eigenvalue weighted by Crippen LogP contribution is 2.30. The topological polar surface area (TPSA) is 57.8 Å². The molecule has 1 aliphatic rings. The molecule has 0 bridgehead atoms. The van der Waals surface area contributed by atoms with Crippen LogP contribution in [0.25, 0.3) is 17.0 Å². The lowest BCUT2D eigenvalue weighted by Gasteiger charge is -2.12. The van der Waals surface area contributed by atoms with Crippen LogP contribution in [0.4, 0.5) is 0 Å². The maximum atomic E-state index is 12.2. The van der Waals surface area contributed by atoms with E-state index in [-0.39, 0.29) is 11.9 Å². The largest absolute Gasteiger partial charge is 0.346 e. The quantitative estimate of drug-likeness (QED) is 0.709. The van der Waals surface area contributed by atoms with Crippen molar-refractivity contribution in [1.29, 1.82) is 0 Å². The number of aromatic amines is 1. The van der Waals surface area contributed by atoms with Gasteiger partial charge in [-0.05, 0) is 47.7 Å². The van der Waals surface area contributed by atoms with E-state index in [0.29, 0.717) is 5.02 Å². The number of hydrogen-bond donors (Lipinski definition) is 2. The molecule has 1 atom stereocenters. The zero-order valence-corrected chi connectivity index (χ0v) is 13.7. The van der Waals surface area contributed by atoms with Crippen LogP contribution in [0.1, 0.15) is 29.2 Å². The van der Waals surface area contributed by atoms with E-state index in [1.807, 2.05) is 24.3 Å². The van der Waals surface area contributed by atoms with E-state index in [4.69, 9.17) is 11.6 Å². The van der Waals surface area contributed by atoms with Gasteiger partial charge in [0.25, 0.3) is 0 Å². The second-order valence-corrected chi connectivity index (χ2v) is 6.37. The van der Waals surface area contributed by atoms with Gasteiger partial charge in [0.1, 0.15) is 0 Å². The van der Waals surface area contributed by atoms with Gasteiger partial charge in [0.05, 0.1) is 17.8 Å². The average Bonchev–Trinajstić information content (AvgIpc) is 3.19. The Kier molecular flexibility index (Phi) is 3.82. The Hall–Kier alpha value is -2.59. The van der Waals surface area contributed by atoms with Gasteiger partial charge in [-0.25, -0.2) is 0 Å². The molecule has 3 aromatic rings. The number of nitrogens with zero attached hydrogens (tertiary/aromatic N) is 1. The van der Waals surface area contributed by atoms with Gasteiger partial charge in [-0.1, -0.05) is 35.9 Å². The van der Waals surface area contributed by atoms with Crippen LogP contribution in [-0.4, -0.2) is 16.1 Å². The molecule has 4 rings (SSSR count). The second kappa shape index (κ2) is 6.13. The van der Waals surface area contributed by atoms with Crippen molar-refractivity contribution in [3.63, 3.8) is 0 Å². The first-order valence-electron chi connectivity index (χ1n) is 7.90. The molecule has 1 aliphatic carbocycles. The number of hydrogen-bond acceptors (Lipinski definition) is 2. The number of rotatable bonds is 3. The first-order valence-corrected chi connectivity index (χ1v) is 8.27. The molecule has 2 aromatic carbocycles. The van der Waals surface area contributed by atoms with Crippen molar-refractivity contribution < 1.29 is 4.79 Å². The monoisotopic (exact) mass is 337 g/mol. The van der Waals surface area contributed by atoms with Crippen LogP contribution < -0.4 is 5.32 Å². The summed E-state index contributed by atoms with van der Waals surface area (Å²) in [5.74, 6) is -0.113. The predicted molar refractivity (Wildman–Crippen MR) is 95.8 cm³/mol. The molecule has 1 amide bonds. The minimum atomic E-state index is -0.113. The van der Waals surface area contributed by atoms with Gasteiger partial charge in [0, 0.05) is 16.5 Å². The molecular weight excluding hydrogens is 322 g/mol. The molecule has 0 saturated heterocycles. The predicted octanol–water partition coefficient (Wildman–Crippen LogP) is 4.03. The van der Waals surface area contributed by atoms with Gasteiger partial charge in [-0.3, -0.25) is 9.89 Å². The molecule has 0 spiro atoms. The van der Waals surface area contributed by atoms with E-state index >= 15 is 0 Å². The zero-order valence-electron chi connectivity index (χ0n) is 12.9. The highest BCUT2D eigenvalue weighted by atomic mass is 35.5. The summed E-state index contributed by atoms with van der Waals surface area (Å²) in [5, 5.41) is 11.5. The first-order chi connectivity index (χ1) is 11.7. The summed E-state index contributed by atoms with van der Waals surface area (Å²) in [7, 11) is 0.